The second kappa shape index (κ2) is 13.1. The highest BCUT2D eigenvalue weighted by atomic mass is 16.6. The summed E-state index contributed by atoms with van der Waals surface area (Å²) in [6, 6.07) is 27.9. The molecule has 0 fully saturated rings. The van der Waals surface area contributed by atoms with Gasteiger partial charge >= 0.3 is 11.7 Å². The Bertz CT molecular complexity index is 1580. The number of amides is 2. The van der Waals surface area contributed by atoms with Gasteiger partial charge in [-0.3, -0.25) is 19.7 Å². The van der Waals surface area contributed by atoms with E-state index in [4.69, 9.17) is 4.74 Å². The molecule has 10 nitrogen and oxygen atoms in total. The van der Waals surface area contributed by atoms with Crippen LogP contribution in [-0.2, 0) is 4.79 Å². The van der Waals surface area contributed by atoms with E-state index in [9.17, 15) is 24.5 Å². The highest BCUT2D eigenvalue weighted by Gasteiger charge is 2.20. The molecule has 0 heterocycles. The van der Waals surface area contributed by atoms with Crippen LogP contribution in [0.3, 0.4) is 0 Å². The molecule has 198 valence electrons. The van der Waals surface area contributed by atoms with Gasteiger partial charge in [-0.05, 0) is 54.1 Å². The lowest BCUT2D eigenvalue weighted by molar-refractivity contribution is -0.385. The molecule has 0 aliphatic heterocycles. The normalized spacial score (nSPS) is 10.8. The lowest BCUT2D eigenvalue weighted by Crippen LogP contribution is -2.18. The molecule has 40 heavy (non-hydrogen) atoms. The number of carbonyl (C=O) groups excluding carboxylic acids is 3. The summed E-state index contributed by atoms with van der Waals surface area (Å²) in [5.74, 6) is -1.98. The van der Waals surface area contributed by atoms with E-state index < -0.39 is 22.5 Å². The quantitative estimate of drug-likeness (QED) is 0.0753. The monoisotopic (exact) mass is 534 g/mol. The minimum Gasteiger partial charge on any atom is -0.415 e. The Morgan fingerprint density at radius 1 is 0.775 bits per heavy atom. The summed E-state index contributed by atoms with van der Waals surface area (Å²) in [7, 11) is 0. The molecule has 0 radical (unpaired) electrons. The van der Waals surface area contributed by atoms with Gasteiger partial charge in [0.25, 0.3) is 11.8 Å². The summed E-state index contributed by atoms with van der Waals surface area (Å²) in [5, 5.41) is 18.1. The van der Waals surface area contributed by atoms with Crippen LogP contribution in [0.4, 0.5) is 11.4 Å². The van der Waals surface area contributed by atoms with Crippen LogP contribution in [0.5, 0.6) is 5.75 Å². The molecule has 0 saturated heterocycles. The second-order valence-electron chi connectivity index (χ2n) is 8.21. The molecular weight excluding hydrogens is 512 g/mol. The average Bonchev–Trinajstić information content (AvgIpc) is 2.98. The van der Waals surface area contributed by atoms with Gasteiger partial charge in [0.2, 0.25) is 5.75 Å². The Morgan fingerprint density at radius 3 is 2.10 bits per heavy atom. The summed E-state index contributed by atoms with van der Waals surface area (Å²) in [5.41, 5.74) is 3.99. The summed E-state index contributed by atoms with van der Waals surface area (Å²) in [4.78, 5) is 48.0. The van der Waals surface area contributed by atoms with Crippen molar-refractivity contribution in [3.8, 4) is 5.75 Å². The van der Waals surface area contributed by atoms with E-state index in [-0.39, 0.29) is 22.8 Å². The van der Waals surface area contributed by atoms with Crippen molar-refractivity contribution in [2.45, 2.75) is 0 Å². The van der Waals surface area contributed by atoms with Crippen molar-refractivity contribution in [2.24, 2.45) is 5.10 Å². The summed E-state index contributed by atoms with van der Waals surface area (Å²) in [6.07, 6.45) is 3.81. The molecule has 0 unspecified atom stereocenters. The van der Waals surface area contributed by atoms with E-state index >= 15 is 0 Å². The number of anilines is 1. The van der Waals surface area contributed by atoms with Gasteiger partial charge in [-0.25, -0.2) is 10.2 Å². The number of hydrazone groups is 1. The number of nitrogens with zero attached hydrogens (tertiary/aromatic N) is 2. The molecule has 0 spiro atoms. The maximum Gasteiger partial charge on any atom is 0.336 e. The SMILES string of the molecule is O=C(/C=C/c1ccccc1)Oc1c(/C=N/NC(=O)c2ccc(NC(=O)c3ccccc3)cc2)cccc1[N+](=O)[O-]. The second-order valence-corrected chi connectivity index (χ2v) is 8.21. The molecule has 0 saturated carbocycles. The molecule has 4 aromatic carbocycles. The molecule has 10 heteroatoms. The number of carbonyl (C=O) groups is 3. The molecule has 0 bridgehead atoms. The topological polar surface area (TPSA) is 140 Å². The van der Waals surface area contributed by atoms with Crippen LogP contribution in [0.2, 0.25) is 0 Å². The third-order valence-corrected chi connectivity index (χ3v) is 5.45. The third kappa shape index (κ3) is 7.33. The Kier molecular flexibility index (Phi) is 8.86. The lowest BCUT2D eigenvalue weighted by Gasteiger charge is -2.07. The minimum atomic E-state index is -0.823. The van der Waals surface area contributed by atoms with Gasteiger partial charge in [-0.1, -0.05) is 54.6 Å². The van der Waals surface area contributed by atoms with E-state index in [1.165, 1.54) is 36.4 Å². The first kappa shape index (κ1) is 27.1. The van der Waals surface area contributed by atoms with Crippen LogP contribution >= 0.6 is 0 Å². The molecule has 2 amide bonds. The number of hydrogen-bond donors (Lipinski definition) is 2. The maximum absolute atomic E-state index is 12.5. The number of nitrogens with one attached hydrogen (secondary N) is 2. The molecule has 0 aliphatic carbocycles. The van der Waals surface area contributed by atoms with Gasteiger partial charge in [0.1, 0.15) is 0 Å². The Labute approximate surface area is 228 Å². The molecule has 4 rings (SSSR count). The number of esters is 1. The van der Waals surface area contributed by atoms with Gasteiger partial charge in [0.15, 0.2) is 0 Å². The number of rotatable bonds is 9. The first-order valence-corrected chi connectivity index (χ1v) is 11.9. The van der Waals surface area contributed by atoms with E-state index in [0.29, 0.717) is 11.3 Å². The minimum absolute atomic E-state index is 0.106. The Hall–Kier alpha value is -5.90. The first-order chi connectivity index (χ1) is 19.4. The van der Waals surface area contributed by atoms with Crippen molar-refractivity contribution in [3.63, 3.8) is 0 Å². The average molecular weight is 535 g/mol. The fraction of sp³-hybridized carbons (Fsp3) is 0. The molecule has 2 N–H and O–H groups in total. The standard InChI is InChI=1S/C30H22N4O6/c35-27(19-14-21-8-3-1-4-9-21)40-28-24(12-7-13-26(28)34(38)39)20-31-33-30(37)23-15-17-25(18-16-23)32-29(36)22-10-5-2-6-11-22/h1-20H,(H,32,36)(H,33,37)/b19-14+,31-20+. The molecular formula is C30H22N4O6. The van der Waals surface area contributed by atoms with Gasteiger partial charge in [0.05, 0.1) is 11.1 Å². The van der Waals surface area contributed by atoms with Crippen LogP contribution in [-0.4, -0.2) is 28.9 Å². The number of benzene rings is 4. The van der Waals surface area contributed by atoms with Crippen molar-refractivity contribution < 1.29 is 24.0 Å². The number of hydrogen-bond acceptors (Lipinski definition) is 7. The number of ether oxygens (including phenoxy) is 1. The van der Waals surface area contributed by atoms with Gasteiger partial charge < -0.3 is 10.1 Å². The fourth-order valence-electron chi connectivity index (χ4n) is 3.48. The molecule has 0 atom stereocenters. The van der Waals surface area contributed by atoms with Gasteiger partial charge in [-0.15, -0.1) is 0 Å². The summed E-state index contributed by atoms with van der Waals surface area (Å²) >= 11 is 0. The van der Waals surface area contributed by atoms with Gasteiger partial charge in [0, 0.05) is 34.5 Å². The van der Waals surface area contributed by atoms with Crippen LogP contribution < -0.4 is 15.5 Å². The smallest absolute Gasteiger partial charge is 0.336 e. The molecule has 0 aliphatic rings. The van der Waals surface area contributed by atoms with Gasteiger partial charge in [-0.2, -0.15) is 5.10 Å². The van der Waals surface area contributed by atoms with Crippen LogP contribution in [0, 0.1) is 10.1 Å². The highest BCUT2D eigenvalue weighted by molar-refractivity contribution is 6.04. The van der Waals surface area contributed by atoms with E-state index in [1.54, 1.807) is 60.7 Å². The van der Waals surface area contributed by atoms with Crippen molar-refractivity contribution in [2.75, 3.05) is 5.32 Å². The predicted molar refractivity (Wildman–Crippen MR) is 150 cm³/mol. The predicted octanol–water partition coefficient (Wildman–Crippen LogP) is 5.23. The van der Waals surface area contributed by atoms with Crippen LogP contribution in [0.25, 0.3) is 6.08 Å². The zero-order valence-corrected chi connectivity index (χ0v) is 20.9. The zero-order chi connectivity index (χ0) is 28.3. The van der Waals surface area contributed by atoms with E-state index in [1.807, 2.05) is 12.1 Å². The molecule has 4 aromatic rings. The summed E-state index contributed by atoms with van der Waals surface area (Å²) in [6.45, 7) is 0. The largest absolute Gasteiger partial charge is 0.415 e. The van der Waals surface area contributed by atoms with Crippen LogP contribution in [0.1, 0.15) is 31.8 Å². The third-order valence-electron chi connectivity index (χ3n) is 5.45. The van der Waals surface area contributed by atoms with E-state index in [0.717, 1.165) is 17.9 Å². The number of nitro benzene ring substituents is 1. The first-order valence-electron chi connectivity index (χ1n) is 11.9. The molecule has 0 aromatic heterocycles. The lowest BCUT2D eigenvalue weighted by atomic mass is 10.1. The van der Waals surface area contributed by atoms with Crippen molar-refractivity contribution in [1.29, 1.82) is 0 Å². The number of para-hydroxylation sites is 1. The maximum atomic E-state index is 12.5. The Morgan fingerprint density at radius 2 is 1.43 bits per heavy atom. The number of nitro groups is 1. The Balaban J connectivity index is 1.42. The van der Waals surface area contributed by atoms with Crippen molar-refractivity contribution >= 4 is 41.4 Å². The summed E-state index contributed by atoms with van der Waals surface area (Å²) < 4.78 is 5.27. The highest BCUT2D eigenvalue weighted by Crippen LogP contribution is 2.30. The van der Waals surface area contributed by atoms with Crippen molar-refractivity contribution in [3.05, 3.63) is 142 Å². The van der Waals surface area contributed by atoms with Crippen LogP contribution in [0.15, 0.2) is 114 Å². The van der Waals surface area contributed by atoms with Crippen molar-refractivity contribution in [1.82, 2.24) is 5.43 Å². The van der Waals surface area contributed by atoms with E-state index in [2.05, 4.69) is 15.8 Å². The zero-order valence-electron chi connectivity index (χ0n) is 20.9. The fourth-order valence-corrected chi connectivity index (χ4v) is 3.48.